The van der Waals surface area contributed by atoms with Crippen LogP contribution >= 0.6 is 11.6 Å². The number of likely N-dealkylation sites (N-methyl/N-ethyl adjacent to an activating group) is 1. The van der Waals surface area contributed by atoms with Crippen LogP contribution in [0.15, 0.2) is 18.2 Å². The smallest absolute Gasteiger partial charge is 0.241 e. The molecule has 3 unspecified atom stereocenters. The van der Waals surface area contributed by atoms with E-state index in [0.717, 1.165) is 6.42 Å². The molecule has 0 bridgehead atoms. The van der Waals surface area contributed by atoms with Gasteiger partial charge in [-0.1, -0.05) is 31.5 Å². The highest BCUT2D eigenvalue weighted by molar-refractivity contribution is 6.31. The number of halogens is 2. The van der Waals surface area contributed by atoms with Gasteiger partial charge in [-0.05, 0) is 31.4 Å². The van der Waals surface area contributed by atoms with E-state index in [1.54, 1.807) is 17.0 Å². The lowest BCUT2D eigenvalue weighted by Crippen LogP contribution is -2.47. The summed E-state index contributed by atoms with van der Waals surface area (Å²) in [6.45, 7) is 6.71. The van der Waals surface area contributed by atoms with E-state index in [1.807, 2.05) is 13.8 Å². The number of hydrogen-bond acceptors (Lipinski definition) is 3. The van der Waals surface area contributed by atoms with Gasteiger partial charge in [0.05, 0.1) is 6.54 Å². The quantitative estimate of drug-likeness (QED) is 0.874. The Morgan fingerprint density at radius 2 is 2.09 bits per heavy atom. The summed E-state index contributed by atoms with van der Waals surface area (Å²) < 4.78 is 13.9. The summed E-state index contributed by atoms with van der Waals surface area (Å²) in [5.41, 5.74) is 6.59. The predicted molar refractivity (Wildman–Crippen MR) is 85.8 cm³/mol. The van der Waals surface area contributed by atoms with Gasteiger partial charge in [0.25, 0.3) is 0 Å². The molecule has 1 saturated heterocycles. The maximum atomic E-state index is 13.9. The van der Waals surface area contributed by atoms with Crippen LogP contribution in [-0.2, 0) is 11.3 Å². The summed E-state index contributed by atoms with van der Waals surface area (Å²) in [6, 6.07) is 4.55. The highest BCUT2D eigenvalue weighted by atomic mass is 35.5. The van der Waals surface area contributed by atoms with Crippen LogP contribution in [0.4, 0.5) is 4.39 Å². The molecule has 6 heteroatoms. The second-order valence-corrected chi connectivity index (χ2v) is 6.10. The molecule has 1 aliphatic heterocycles. The van der Waals surface area contributed by atoms with Crippen molar-refractivity contribution < 1.29 is 9.18 Å². The number of amides is 1. The molecule has 4 nitrogen and oxygen atoms in total. The van der Waals surface area contributed by atoms with Gasteiger partial charge in [0.15, 0.2) is 0 Å². The van der Waals surface area contributed by atoms with E-state index in [2.05, 4.69) is 17.8 Å². The maximum Gasteiger partial charge on any atom is 0.241 e. The molecule has 0 saturated carbocycles. The number of carbonyl (C=O) groups is 1. The predicted octanol–water partition coefficient (Wildman–Crippen LogP) is 2.72. The van der Waals surface area contributed by atoms with Gasteiger partial charge in [0.1, 0.15) is 11.9 Å². The van der Waals surface area contributed by atoms with Gasteiger partial charge in [-0.25, -0.2) is 9.82 Å². The lowest BCUT2D eigenvalue weighted by molar-refractivity contribution is -0.134. The van der Waals surface area contributed by atoms with Crippen molar-refractivity contribution in [2.45, 2.75) is 45.8 Å². The molecule has 1 heterocycles. The van der Waals surface area contributed by atoms with Crippen molar-refractivity contribution in [1.29, 1.82) is 0 Å². The summed E-state index contributed by atoms with van der Waals surface area (Å²) in [5.74, 6) is -0.226. The van der Waals surface area contributed by atoms with E-state index >= 15 is 0 Å². The minimum absolute atomic E-state index is 0.0298. The second-order valence-electron chi connectivity index (χ2n) is 5.69. The summed E-state index contributed by atoms with van der Waals surface area (Å²) in [5, 5.41) is 0.350. The third kappa shape index (κ3) is 3.42. The molecule has 0 aromatic heterocycles. The second kappa shape index (κ2) is 7.40. The first-order valence-corrected chi connectivity index (χ1v) is 8.10. The van der Waals surface area contributed by atoms with E-state index in [-0.39, 0.29) is 36.3 Å². The van der Waals surface area contributed by atoms with Crippen molar-refractivity contribution in [1.82, 2.24) is 15.8 Å². The Kier molecular flexibility index (Phi) is 5.78. The average Bonchev–Trinajstić information content (AvgIpc) is 2.87. The number of benzene rings is 1. The minimum atomic E-state index is -0.379. The Bertz CT molecular complexity index is 520. The Labute approximate surface area is 136 Å². The highest BCUT2D eigenvalue weighted by Gasteiger charge is 2.37. The molecule has 1 aromatic carbocycles. The zero-order valence-electron chi connectivity index (χ0n) is 13.2. The molecular formula is C16H23ClFN3O. The first-order valence-electron chi connectivity index (χ1n) is 7.72. The van der Waals surface area contributed by atoms with Gasteiger partial charge in [0, 0.05) is 23.2 Å². The third-order valence-corrected chi connectivity index (χ3v) is 4.75. The summed E-state index contributed by atoms with van der Waals surface area (Å²) in [4.78, 5) is 14.4. The number of hydrazine groups is 1. The molecule has 1 aromatic rings. The van der Waals surface area contributed by atoms with Crippen LogP contribution in [0.2, 0.25) is 5.02 Å². The Hall–Kier alpha value is -1.17. The van der Waals surface area contributed by atoms with Crippen LogP contribution in [-0.4, -0.2) is 29.4 Å². The van der Waals surface area contributed by atoms with Gasteiger partial charge < -0.3 is 4.90 Å². The van der Waals surface area contributed by atoms with Gasteiger partial charge >= 0.3 is 0 Å². The number of carbonyl (C=O) groups excluding carboxylic acids is 1. The normalized spacial score (nSPS) is 24.5. The zero-order valence-corrected chi connectivity index (χ0v) is 14.0. The van der Waals surface area contributed by atoms with Crippen LogP contribution in [0.1, 0.15) is 32.8 Å². The molecule has 0 radical (unpaired) electrons. The lowest BCUT2D eigenvalue weighted by atomic mass is 9.94. The van der Waals surface area contributed by atoms with Crippen LogP contribution in [0.5, 0.6) is 0 Å². The monoisotopic (exact) mass is 327 g/mol. The molecule has 2 rings (SSSR count). The van der Waals surface area contributed by atoms with Crippen molar-refractivity contribution >= 4 is 17.5 Å². The van der Waals surface area contributed by atoms with Crippen molar-refractivity contribution in [2.75, 3.05) is 6.54 Å². The zero-order chi connectivity index (χ0) is 16.3. The van der Waals surface area contributed by atoms with Crippen LogP contribution < -0.4 is 10.9 Å². The van der Waals surface area contributed by atoms with Crippen LogP contribution in [0.25, 0.3) is 0 Å². The van der Waals surface area contributed by atoms with Crippen molar-refractivity contribution in [3.8, 4) is 0 Å². The molecule has 1 fully saturated rings. The van der Waals surface area contributed by atoms with Crippen molar-refractivity contribution in [3.05, 3.63) is 34.6 Å². The minimum Gasteiger partial charge on any atom is -0.337 e. The largest absolute Gasteiger partial charge is 0.337 e. The Morgan fingerprint density at radius 3 is 2.64 bits per heavy atom. The SMILES string of the molecule is CCC1NNC(C(=O)N(CC)Cc2c(F)cccc2Cl)C1C. The lowest BCUT2D eigenvalue weighted by Gasteiger charge is -2.27. The first-order chi connectivity index (χ1) is 10.5. The number of rotatable bonds is 5. The standard InChI is InChI=1S/C16H23ClFN3O/c1-4-14-10(3)15(20-19-14)16(22)21(5-2)9-11-12(17)7-6-8-13(11)18/h6-8,10,14-15,19-20H,4-5,9H2,1-3H3. The summed E-state index contributed by atoms with van der Waals surface area (Å²) >= 11 is 6.06. The van der Waals surface area contributed by atoms with Gasteiger partial charge in [-0.2, -0.15) is 0 Å². The van der Waals surface area contributed by atoms with E-state index in [9.17, 15) is 9.18 Å². The van der Waals surface area contributed by atoms with Crippen LogP contribution in [0.3, 0.4) is 0 Å². The Morgan fingerprint density at radius 1 is 1.36 bits per heavy atom. The number of hydrogen-bond donors (Lipinski definition) is 2. The summed E-state index contributed by atoms with van der Waals surface area (Å²) in [6.07, 6.45) is 0.948. The molecule has 2 N–H and O–H groups in total. The van der Waals surface area contributed by atoms with E-state index in [1.165, 1.54) is 6.07 Å². The fourth-order valence-electron chi connectivity index (χ4n) is 2.87. The molecule has 3 atom stereocenters. The topological polar surface area (TPSA) is 44.4 Å². The number of nitrogens with one attached hydrogen (secondary N) is 2. The number of nitrogens with zero attached hydrogens (tertiary/aromatic N) is 1. The van der Waals surface area contributed by atoms with Gasteiger partial charge in [0.2, 0.25) is 5.91 Å². The molecule has 122 valence electrons. The maximum absolute atomic E-state index is 13.9. The molecular weight excluding hydrogens is 305 g/mol. The van der Waals surface area contributed by atoms with E-state index in [4.69, 9.17) is 11.6 Å². The first kappa shape index (κ1) is 17.2. The third-order valence-electron chi connectivity index (χ3n) is 4.39. The fourth-order valence-corrected chi connectivity index (χ4v) is 3.09. The Balaban J connectivity index is 2.13. The average molecular weight is 328 g/mol. The van der Waals surface area contributed by atoms with Gasteiger partial charge in [-0.3, -0.25) is 10.2 Å². The molecule has 1 amide bonds. The highest BCUT2D eigenvalue weighted by Crippen LogP contribution is 2.23. The van der Waals surface area contributed by atoms with E-state index in [0.29, 0.717) is 17.1 Å². The van der Waals surface area contributed by atoms with Gasteiger partial charge in [-0.15, -0.1) is 0 Å². The molecule has 0 aliphatic carbocycles. The van der Waals surface area contributed by atoms with Crippen molar-refractivity contribution in [3.63, 3.8) is 0 Å². The van der Waals surface area contributed by atoms with Crippen LogP contribution in [0, 0.1) is 11.7 Å². The molecule has 22 heavy (non-hydrogen) atoms. The van der Waals surface area contributed by atoms with Crippen molar-refractivity contribution in [2.24, 2.45) is 5.92 Å². The fraction of sp³-hybridized carbons (Fsp3) is 0.562. The summed E-state index contributed by atoms with van der Waals surface area (Å²) in [7, 11) is 0. The molecule has 0 spiro atoms. The molecule has 1 aliphatic rings. The van der Waals surface area contributed by atoms with E-state index < -0.39 is 0 Å².